The topological polar surface area (TPSA) is 29.5 Å². The number of nitrogens with zero attached hydrogens (tertiary/aromatic N) is 1. The van der Waals surface area contributed by atoms with Gasteiger partial charge < -0.3 is 9.64 Å². The molecule has 0 aromatic heterocycles. The third-order valence-electron chi connectivity index (χ3n) is 4.42. The highest BCUT2D eigenvalue weighted by atomic mass is 19.1. The van der Waals surface area contributed by atoms with Crippen molar-refractivity contribution in [1.82, 2.24) is 0 Å². The third-order valence-corrected chi connectivity index (χ3v) is 4.42. The van der Waals surface area contributed by atoms with Crippen LogP contribution < -0.4 is 9.64 Å². The second-order valence-corrected chi connectivity index (χ2v) is 6.73. The predicted octanol–water partition coefficient (Wildman–Crippen LogP) is 5.97. The van der Waals surface area contributed by atoms with Gasteiger partial charge in [-0.1, -0.05) is 42.0 Å². The van der Waals surface area contributed by atoms with Gasteiger partial charge in [-0.2, -0.15) is 0 Å². The third kappa shape index (κ3) is 5.55. The second kappa shape index (κ2) is 9.69. The Bertz CT molecular complexity index is 964. The molecule has 29 heavy (non-hydrogen) atoms. The Balaban J connectivity index is 1.91. The van der Waals surface area contributed by atoms with Crippen molar-refractivity contribution in [3.63, 3.8) is 0 Å². The van der Waals surface area contributed by atoms with Crippen LogP contribution in [0, 0.1) is 5.82 Å². The molecule has 4 heteroatoms. The van der Waals surface area contributed by atoms with Crippen molar-refractivity contribution >= 4 is 17.7 Å². The maximum Gasteiger partial charge on any atom is 0.258 e. The van der Waals surface area contributed by atoms with Crippen LogP contribution in [0.25, 0.3) is 6.08 Å². The lowest BCUT2D eigenvalue weighted by Gasteiger charge is -2.24. The molecular formula is C25H24FNO2. The average molecular weight is 389 g/mol. The lowest BCUT2D eigenvalue weighted by Crippen LogP contribution is -2.32. The maximum atomic E-state index is 13.3. The number of anilines is 1. The fraction of sp³-hybridized carbons (Fsp3) is 0.160. The summed E-state index contributed by atoms with van der Waals surface area (Å²) in [6.45, 7) is 4.91. The molecule has 148 valence electrons. The van der Waals surface area contributed by atoms with Gasteiger partial charge >= 0.3 is 0 Å². The summed E-state index contributed by atoms with van der Waals surface area (Å²) in [5, 5.41) is 0. The molecule has 0 aliphatic heterocycles. The van der Waals surface area contributed by atoms with Gasteiger partial charge in [0.1, 0.15) is 11.6 Å². The molecule has 0 unspecified atom stereocenters. The van der Waals surface area contributed by atoms with E-state index in [1.54, 1.807) is 4.90 Å². The van der Waals surface area contributed by atoms with Gasteiger partial charge in [0.2, 0.25) is 0 Å². The van der Waals surface area contributed by atoms with Gasteiger partial charge in [0.05, 0.1) is 6.61 Å². The predicted molar refractivity (Wildman–Crippen MR) is 116 cm³/mol. The van der Waals surface area contributed by atoms with Crippen LogP contribution in [0.4, 0.5) is 10.1 Å². The minimum absolute atomic E-state index is 0.185. The first kappa shape index (κ1) is 20.3. The molecule has 0 fully saturated rings. The number of halogens is 1. The van der Waals surface area contributed by atoms with Crippen molar-refractivity contribution in [1.29, 1.82) is 0 Å². The van der Waals surface area contributed by atoms with E-state index in [0.717, 1.165) is 22.6 Å². The van der Waals surface area contributed by atoms with E-state index in [1.807, 2.05) is 68.4 Å². The van der Waals surface area contributed by atoms with E-state index in [1.165, 1.54) is 24.3 Å². The number of hydrogen-bond acceptors (Lipinski definition) is 2. The van der Waals surface area contributed by atoms with Crippen LogP contribution in [0.3, 0.4) is 0 Å². The van der Waals surface area contributed by atoms with Crippen molar-refractivity contribution in [3.8, 4) is 5.75 Å². The summed E-state index contributed by atoms with van der Waals surface area (Å²) in [5.74, 6) is 0.200. The largest absolute Gasteiger partial charge is 0.494 e. The molecule has 0 radical (unpaired) electrons. The number of ether oxygens (including phenoxy) is 1. The summed E-state index contributed by atoms with van der Waals surface area (Å²) >= 11 is 0. The first-order valence-electron chi connectivity index (χ1n) is 9.59. The van der Waals surface area contributed by atoms with Crippen LogP contribution >= 0.6 is 0 Å². The smallest absolute Gasteiger partial charge is 0.258 e. The van der Waals surface area contributed by atoms with Crippen molar-refractivity contribution in [2.24, 2.45) is 0 Å². The molecule has 0 atom stereocenters. The quantitative estimate of drug-likeness (QED) is 0.498. The van der Waals surface area contributed by atoms with Gasteiger partial charge in [0.25, 0.3) is 5.91 Å². The highest BCUT2D eigenvalue weighted by Gasteiger charge is 2.18. The Labute approximate surface area is 171 Å². The van der Waals surface area contributed by atoms with Gasteiger partial charge in [0, 0.05) is 17.8 Å². The monoisotopic (exact) mass is 389 g/mol. The molecule has 0 aliphatic rings. The van der Waals surface area contributed by atoms with Crippen LogP contribution in [0.2, 0.25) is 0 Å². The lowest BCUT2D eigenvalue weighted by atomic mass is 10.1. The molecule has 3 aromatic rings. The zero-order valence-electron chi connectivity index (χ0n) is 16.6. The Morgan fingerprint density at radius 2 is 1.62 bits per heavy atom. The van der Waals surface area contributed by atoms with Crippen molar-refractivity contribution < 1.29 is 13.9 Å². The molecule has 3 rings (SSSR count). The number of amides is 1. The van der Waals surface area contributed by atoms with Crippen LogP contribution in [-0.4, -0.2) is 19.1 Å². The van der Waals surface area contributed by atoms with Gasteiger partial charge in [-0.25, -0.2) is 4.39 Å². The summed E-state index contributed by atoms with van der Waals surface area (Å²) < 4.78 is 18.8. The molecule has 0 heterocycles. The molecular weight excluding hydrogens is 365 g/mol. The molecule has 0 spiro atoms. The molecule has 3 nitrogen and oxygen atoms in total. The first-order valence-corrected chi connectivity index (χ1v) is 9.59. The number of benzene rings is 3. The number of rotatable bonds is 7. The number of hydrogen-bond donors (Lipinski definition) is 0. The Morgan fingerprint density at radius 1 is 0.966 bits per heavy atom. The molecule has 3 aromatic carbocycles. The molecule has 0 saturated carbocycles. The van der Waals surface area contributed by atoms with Crippen molar-refractivity contribution in [2.75, 3.05) is 18.1 Å². The maximum absolute atomic E-state index is 13.3. The number of carbonyl (C=O) groups is 1. The van der Waals surface area contributed by atoms with Gasteiger partial charge in [-0.15, -0.1) is 0 Å². The number of carbonyl (C=O) groups excluding carboxylic acids is 1. The molecule has 0 bridgehead atoms. The van der Waals surface area contributed by atoms with E-state index in [2.05, 4.69) is 6.08 Å². The molecule has 0 aliphatic carbocycles. The van der Waals surface area contributed by atoms with Crippen LogP contribution in [0.1, 0.15) is 29.8 Å². The van der Waals surface area contributed by atoms with Crippen molar-refractivity contribution in [2.45, 2.75) is 13.8 Å². The zero-order valence-corrected chi connectivity index (χ0v) is 16.6. The van der Waals surface area contributed by atoms with Crippen LogP contribution in [0.5, 0.6) is 5.75 Å². The summed E-state index contributed by atoms with van der Waals surface area (Å²) in [5.41, 5.74) is 3.29. The molecule has 0 N–H and O–H groups in total. The first-order chi connectivity index (χ1) is 14.1. The van der Waals surface area contributed by atoms with Gasteiger partial charge in [-0.05, 0) is 67.9 Å². The Morgan fingerprint density at radius 3 is 2.24 bits per heavy atom. The second-order valence-electron chi connectivity index (χ2n) is 6.73. The van der Waals surface area contributed by atoms with E-state index in [0.29, 0.717) is 18.7 Å². The molecule has 1 amide bonds. The SMILES string of the molecule is CCOc1ccc(N(C/C(C)=C/c2ccccc2)C(=O)c2ccc(F)cc2)cc1. The van der Waals surface area contributed by atoms with Crippen LogP contribution in [-0.2, 0) is 0 Å². The highest BCUT2D eigenvalue weighted by Crippen LogP contribution is 2.23. The fourth-order valence-electron chi connectivity index (χ4n) is 3.05. The average Bonchev–Trinajstić information content (AvgIpc) is 2.74. The summed E-state index contributed by atoms with van der Waals surface area (Å²) in [4.78, 5) is 14.9. The normalized spacial score (nSPS) is 11.2. The molecule has 0 saturated heterocycles. The summed E-state index contributed by atoms with van der Waals surface area (Å²) in [7, 11) is 0. The summed E-state index contributed by atoms with van der Waals surface area (Å²) in [6, 6.07) is 23.0. The van der Waals surface area contributed by atoms with Gasteiger partial charge in [0.15, 0.2) is 0 Å². The standard InChI is InChI=1S/C25H24FNO2/c1-3-29-24-15-13-23(14-16-24)27(25(28)21-9-11-22(26)12-10-21)18-19(2)17-20-7-5-4-6-8-20/h4-17H,3,18H2,1-2H3/b19-17+. The lowest BCUT2D eigenvalue weighted by molar-refractivity contribution is 0.0989. The fourth-order valence-corrected chi connectivity index (χ4v) is 3.05. The van der Waals surface area contributed by atoms with E-state index >= 15 is 0 Å². The van der Waals surface area contributed by atoms with E-state index in [9.17, 15) is 9.18 Å². The zero-order chi connectivity index (χ0) is 20.6. The minimum Gasteiger partial charge on any atom is -0.494 e. The van der Waals surface area contributed by atoms with E-state index in [-0.39, 0.29) is 11.7 Å². The van der Waals surface area contributed by atoms with Crippen molar-refractivity contribution in [3.05, 3.63) is 101 Å². The van der Waals surface area contributed by atoms with Crippen LogP contribution in [0.15, 0.2) is 84.4 Å². The van der Waals surface area contributed by atoms with Gasteiger partial charge in [-0.3, -0.25) is 4.79 Å². The summed E-state index contributed by atoms with van der Waals surface area (Å²) in [6.07, 6.45) is 2.06. The van der Waals surface area contributed by atoms with E-state index < -0.39 is 0 Å². The minimum atomic E-state index is -0.366. The Kier molecular flexibility index (Phi) is 6.80. The Hall–Kier alpha value is -3.40. The van der Waals surface area contributed by atoms with E-state index in [4.69, 9.17) is 4.74 Å². The highest BCUT2D eigenvalue weighted by molar-refractivity contribution is 6.06.